The summed E-state index contributed by atoms with van der Waals surface area (Å²) in [4.78, 5) is 28.0. The molecule has 1 aromatic carbocycles. The Hall–Kier alpha value is -2.17. The van der Waals surface area contributed by atoms with Gasteiger partial charge in [0.1, 0.15) is 10.6 Å². The molecule has 2 rings (SSSR count). The van der Waals surface area contributed by atoms with E-state index >= 15 is 0 Å². The van der Waals surface area contributed by atoms with Gasteiger partial charge in [0.2, 0.25) is 15.9 Å². The first-order valence-electron chi connectivity index (χ1n) is 8.72. The predicted molar refractivity (Wildman–Crippen MR) is 100 cm³/mol. The van der Waals surface area contributed by atoms with Crippen LogP contribution in [-0.2, 0) is 14.8 Å². The highest BCUT2D eigenvalue weighted by Crippen LogP contribution is 2.25. The highest BCUT2D eigenvalue weighted by atomic mass is 32.2. The van der Waals surface area contributed by atoms with E-state index in [-0.39, 0.29) is 28.0 Å². The van der Waals surface area contributed by atoms with Crippen molar-refractivity contribution in [3.8, 4) is 5.75 Å². The van der Waals surface area contributed by atoms with Crippen LogP contribution in [0.5, 0.6) is 5.75 Å². The summed E-state index contributed by atoms with van der Waals surface area (Å²) in [7, 11) is -1.08. The highest BCUT2D eigenvalue weighted by molar-refractivity contribution is 7.89. The number of nitrogens with one attached hydrogen (secondary N) is 2. The quantitative estimate of drug-likeness (QED) is 0.641. The van der Waals surface area contributed by atoms with Gasteiger partial charge in [-0.1, -0.05) is 0 Å². The molecule has 0 aromatic heterocycles. The molecule has 10 heteroatoms. The second-order valence-electron chi connectivity index (χ2n) is 6.10. The molecule has 0 spiro atoms. The Balaban J connectivity index is 2.09. The molecule has 2 N–H and O–H groups in total. The summed E-state index contributed by atoms with van der Waals surface area (Å²) in [6.45, 7) is 4.87. The maximum atomic E-state index is 12.8. The molecule has 2 amide bonds. The third-order valence-electron chi connectivity index (χ3n) is 4.37. The fourth-order valence-corrected chi connectivity index (χ4v) is 3.80. The van der Waals surface area contributed by atoms with E-state index in [1.807, 2.05) is 11.8 Å². The zero-order chi connectivity index (χ0) is 20.0. The molecule has 1 aliphatic rings. The average Bonchev–Trinajstić information content (AvgIpc) is 2.67. The Morgan fingerprint density at radius 3 is 2.41 bits per heavy atom. The largest absolute Gasteiger partial charge is 0.495 e. The number of likely N-dealkylation sites (N-methyl/N-ethyl adjacent to an activating group) is 1. The molecule has 0 radical (unpaired) electrons. The first kappa shape index (κ1) is 21.1. The summed E-state index contributed by atoms with van der Waals surface area (Å²) in [6, 6.07) is 4.35. The summed E-state index contributed by atoms with van der Waals surface area (Å²) in [6.07, 6.45) is 0. The smallest absolute Gasteiger partial charge is 0.253 e. The lowest BCUT2D eigenvalue weighted by molar-refractivity contribution is -0.122. The molecule has 0 bridgehead atoms. The SMILES string of the molecule is CCNC(=O)CN1CCN(C(=O)c2ccc(OC)c(S(=O)(=O)NC)c2)CC1. The fourth-order valence-electron chi connectivity index (χ4n) is 2.88. The number of hydrogen-bond donors (Lipinski definition) is 2. The Labute approximate surface area is 159 Å². The Kier molecular flexibility index (Phi) is 7.17. The number of methoxy groups -OCH3 is 1. The van der Waals surface area contributed by atoms with Crippen LogP contribution in [0, 0.1) is 0 Å². The van der Waals surface area contributed by atoms with Crippen LogP contribution in [0.25, 0.3) is 0 Å². The molecule has 27 heavy (non-hydrogen) atoms. The third kappa shape index (κ3) is 5.18. The van der Waals surface area contributed by atoms with Gasteiger partial charge in [-0.05, 0) is 32.2 Å². The number of rotatable bonds is 7. The molecule has 1 saturated heterocycles. The van der Waals surface area contributed by atoms with Gasteiger partial charge in [-0.15, -0.1) is 0 Å². The van der Waals surface area contributed by atoms with E-state index < -0.39 is 10.0 Å². The van der Waals surface area contributed by atoms with Gasteiger partial charge in [0.25, 0.3) is 5.91 Å². The summed E-state index contributed by atoms with van der Waals surface area (Å²) in [5.41, 5.74) is 0.279. The van der Waals surface area contributed by atoms with Gasteiger partial charge in [-0.2, -0.15) is 0 Å². The van der Waals surface area contributed by atoms with Crippen LogP contribution in [-0.4, -0.2) is 83.5 Å². The maximum absolute atomic E-state index is 12.8. The average molecular weight is 398 g/mol. The van der Waals surface area contributed by atoms with Gasteiger partial charge >= 0.3 is 0 Å². The van der Waals surface area contributed by atoms with Gasteiger partial charge < -0.3 is 15.0 Å². The van der Waals surface area contributed by atoms with Crippen molar-refractivity contribution in [1.29, 1.82) is 0 Å². The molecular formula is C17H26N4O5S. The minimum absolute atomic E-state index is 0.0330. The van der Waals surface area contributed by atoms with Crippen LogP contribution in [0.1, 0.15) is 17.3 Å². The van der Waals surface area contributed by atoms with Crippen LogP contribution in [0.3, 0.4) is 0 Å². The number of nitrogens with zero attached hydrogens (tertiary/aromatic N) is 2. The van der Waals surface area contributed by atoms with Crippen LogP contribution >= 0.6 is 0 Å². The van der Waals surface area contributed by atoms with Crippen molar-refractivity contribution in [3.63, 3.8) is 0 Å². The van der Waals surface area contributed by atoms with E-state index in [1.165, 1.54) is 26.3 Å². The van der Waals surface area contributed by atoms with Crippen molar-refractivity contribution in [2.45, 2.75) is 11.8 Å². The monoisotopic (exact) mass is 398 g/mol. The molecule has 0 unspecified atom stereocenters. The standard InChI is InChI=1S/C17H26N4O5S/c1-4-19-16(22)12-20-7-9-21(10-8-20)17(23)13-5-6-14(26-3)15(11-13)27(24,25)18-2/h5-6,11,18H,4,7-10,12H2,1-3H3,(H,19,22). The molecule has 1 fully saturated rings. The molecule has 0 saturated carbocycles. The van der Waals surface area contributed by atoms with E-state index in [9.17, 15) is 18.0 Å². The van der Waals surface area contributed by atoms with Gasteiger partial charge in [-0.3, -0.25) is 14.5 Å². The lowest BCUT2D eigenvalue weighted by Gasteiger charge is -2.34. The lowest BCUT2D eigenvalue weighted by Crippen LogP contribution is -2.51. The summed E-state index contributed by atoms with van der Waals surface area (Å²) < 4.78 is 31.7. The first-order chi connectivity index (χ1) is 12.8. The van der Waals surface area contributed by atoms with Crippen molar-refractivity contribution in [3.05, 3.63) is 23.8 Å². The van der Waals surface area contributed by atoms with Crippen LogP contribution < -0.4 is 14.8 Å². The van der Waals surface area contributed by atoms with Crippen LogP contribution in [0.2, 0.25) is 0 Å². The molecule has 1 aromatic rings. The summed E-state index contributed by atoms with van der Waals surface area (Å²) in [5, 5.41) is 2.75. The molecule has 0 aliphatic carbocycles. The number of hydrogen-bond acceptors (Lipinski definition) is 6. The molecule has 1 heterocycles. The van der Waals surface area contributed by atoms with E-state index in [2.05, 4.69) is 10.0 Å². The van der Waals surface area contributed by atoms with Gasteiger partial charge in [0.15, 0.2) is 0 Å². The number of amides is 2. The van der Waals surface area contributed by atoms with Crippen molar-refractivity contribution < 1.29 is 22.7 Å². The molecule has 150 valence electrons. The number of piperazine rings is 1. The maximum Gasteiger partial charge on any atom is 0.253 e. The number of sulfonamides is 1. The summed E-state index contributed by atoms with van der Waals surface area (Å²) >= 11 is 0. The van der Waals surface area contributed by atoms with Crippen molar-refractivity contribution in [2.24, 2.45) is 0 Å². The van der Waals surface area contributed by atoms with Gasteiger partial charge in [-0.25, -0.2) is 13.1 Å². The number of carbonyl (C=O) groups excluding carboxylic acids is 2. The van der Waals surface area contributed by atoms with E-state index in [0.717, 1.165) is 0 Å². The van der Waals surface area contributed by atoms with Crippen molar-refractivity contribution in [2.75, 3.05) is 53.4 Å². The Morgan fingerprint density at radius 1 is 1.19 bits per heavy atom. The zero-order valence-corrected chi connectivity index (χ0v) is 16.6. The van der Waals surface area contributed by atoms with E-state index in [4.69, 9.17) is 4.74 Å². The fraction of sp³-hybridized carbons (Fsp3) is 0.529. The lowest BCUT2D eigenvalue weighted by atomic mass is 10.1. The summed E-state index contributed by atoms with van der Waals surface area (Å²) in [5.74, 6) is -0.107. The predicted octanol–water partition coefficient (Wildman–Crippen LogP) is -0.503. The highest BCUT2D eigenvalue weighted by Gasteiger charge is 2.25. The van der Waals surface area contributed by atoms with E-state index in [1.54, 1.807) is 11.0 Å². The molecule has 9 nitrogen and oxygen atoms in total. The Morgan fingerprint density at radius 2 is 1.85 bits per heavy atom. The van der Waals surface area contributed by atoms with Gasteiger partial charge in [0, 0.05) is 38.3 Å². The normalized spacial score (nSPS) is 15.4. The third-order valence-corrected chi connectivity index (χ3v) is 5.81. The molecular weight excluding hydrogens is 372 g/mol. The second-order valence-corrected chi connectivity index (χ2v) is 7.95. The minimum atomic E-state index is -3.75. The van der Waals surface area contributed by atoms with Crippen LogP contribution in [0.15, 0.2) is 23.1 Å². The first-order valence-corrected chi connectivity index (χ1v) is 10.2. The second kappa shape index (κ2) is 9.16. The van der Waals surface area contributed by atoms with Gasteiger partial charge in [0.05, 0.1) is 13.7 Å². The zero-order valence-electron chi connectivity index (χ0n) is 15.8. The number of ether oxygens (including phenoxy) is 1. The number of benzene rings is 1. The molecule has 1 aliphatic heterocycles. The topological polar surface area (TPSA) is 108 Å². The Bertz CT molecular complexity index is 789. The van der Waals surface area contributed by atoms with Crippen LogP contribution in [0.4, 0.5) is 0 Å². The van der Waals surface area contributed by atoms with E-state index in [0.29, 0.717) is 39.3 Å². The van der Waals surface area contributed by atoms with Crippen molar-refractivity contribution in [1.82, 2.24) is 19.8 Å². The number of carbonyl (C=O) groups is 2. The minimum Gasteiger partial charge on any atom is -0.495 e. The van der Waals surface area contributed by atoms with Crippen molar-refractivity contribution >= 4 is 21.8 Å². The molecule has 0 atom stereocenters.